The first-order valence-corrected chi connectivity index (χ1v) is 9.70. The molecular weight excluding hydrogens is 328 g/mol. The molecule has 0 unspecified atom stereocenters. The van der Waals surface area contributed by atoms with Crippen molar-refractivity contribution in [3.8, 4) is 0 Å². The van der Waals surface area contributed by atoms with E-state index in [1.165, 1.54) is 11.4 Å². The molecule has 0 N–H and O–H groups in total. The van der Waals surface area contributed by atoms with E-state index >= 15 is 0 Å². The van der Waals surface area contributed by atoms with Crippen molar-refractivity contribution >= 4 is 16.1 Å². The highest BCUT2D eigenvalue weighted by Gasteiger charge is 2.28. The normalized spacial score (nSPS) is 16.9. The molecule has 1 saturated heterocycles. The number of carbonyl (C=O) groups excluding carboxylic acids is 1. The van der Waals surface area contributed by atoms with Gasteiger partial charge in [0, 0.05) is 26.2 Å². The fourth-order valence-corrected chi connectivity index (χ4v) is 4.33. The first-order valence-electron chi connectivity index (χ1n) is 8.26. The first-order chi connectivity index (χ1) is 11.3. The van der Waals surface area contributed by atoms with Gasteiger partial charge < -0.3 is 9.64 Å². The van der Waals surface area contributed by atoms with Crippen molar-refractivity contribution in [3.63, 3.8) is 0 Å². The average molecular weight is 354 g/mol. The molecule has 0 bridgehead atoms. The monoisotopic (exact) mass is 354 g/mol. The van der Waals surface area contributed by atoms with Gasteiger partial charge in [-0.3, -0.25) is 0 Å². The Morgan fingerprint density at radius 2 is 1.79 bits per heavy atom. The van der Waals surface area contributed by atoms with Crippen molar-refractivity contribution in [2.45, 2.75) is 31.6 Å². The molecule has 0 radical (unpaired) electrons. The van der Waals surface area contributed by atoms with Gasteiger partial charge in [0.15, 0.2) is 0 Å². The molecule has 1 aliphatic rings. The third-order valence-corrected chi connectivity index (χ3v) is 6.01. The van der Waals surface area contributed by atoms with Crippen LogP contribution in [-0.4, -0.2) is 57.0 Å². The topological polar surface area (TPSA) is 66.9 Å². The van der Waals surface area contributed by atoms with E-state index in [0.717, 1.165) is 12.0 Å². The molecule has 6 nitrogen and oxygen atoms in total. The van der Waals surface area contributed by atoms with Gasteiger partial charge >= 0.3 is 6.09 Å². The van der Waals surface area contributed by atoms with Crippen LogP contribution in [-0.2, 0) is 21.2 Å². The highest BCUT2D eigenvalue weighted by molar-refractivity contribution is 7.89. The summed E-state index contributed by atoms with van der Waals surface area (Å²) in [6, 6.07) is 7.11. The van der Waals surface area contributed by atoms with Gasteiger partial charge in [0.1, 0.15) is 0 Å². The highest BCUT2D eigenvalue weighted by Crippen LogP contribution is 2.19. The van der Waals surface area contributed by atoms with Crippen LogP contribution in [0, 0.1) is 5.92 Å². The minimum atomic E-state index is -3.53. The van der Waals surface area contributed by atoms with Crippen molar-refractivity contribution in [2.75, 3.05) is 33.3 Å². The van der Waals surface area contributed by atoms with Crippen LogP contribution in [0.25, 0.3) is 0 Å². The number of methoxy groups -OCH3 is 1. The van der Waals surface area contributed by atoms with Crippen molar-refractivity contribution in [2.24, 2.45) is 5.92 Å². The molecule has 1 aliphatic heterocycles. The maximum absolute atomic E-state index is 12.8. The Morgan fingerprint density at radius 3 is 2.38 bits per heavy atom. The molecule has 134 valence electrons. The molecule has 0 atom stereocenters. The van der Waals surface area contributed by atoms with Crippen molar-refractivity contribution in [3.05, 3.63) is 29.8 Å². The van der Waals surface area contributed by atoms with Crippen LogP contribution < -0.4 is 0 Å². The quantitative estimate of drug-likeness (QED) is 0.832. The molecule has 1 aromatic rings. The Balaban J connectivity index is 2.10. The van der Waals surface area contributed by atoms with Gasteiger partial charge in [0.25, 0.3) is 0 Å². The lowest BCUT2D eigenvalue weighted by Crippen LogP contribution is -2.37. The molecule has 1 amide bonds. The maximum Gasteiger partial charge on any atom is 0.409 e. The van der Waals surface area contributed by atoms with Crippen LogP contribution >= 0.6 is 0 Å². The van der Waals surface area contributed by atoms with Crippen LogP contribution in [0.3, 0.4) is 0 Å². The molecule has 1 aromatic carbocycles. The smallest absolute Gasteiger partial charge is 0.409 e. The third kappa shape index (κ3) is 4.48. The van der Waals surface area contributed by atoms with Crippen molar-refractivity contribution in [1.29, 1.82) is 0 Å². The van der Waals surface area contributed by atoms with Crippen LogP contribution in [0.2, 0.25) is 0 Å². The number of carbonyl (C=O) groups is 1. The molecular formula is C17H26N2O4S. The number of amides is 1. The Morgan fingerprint density at radius 1 is 1.12 bits per heavy atom. The zero-order valence-corrected chi connectivity index (χ0v) is 15.4. The lowest BCUT2D eigenvalue weighted by atomic mass is 10.0. The standard InChI is InChI=1S/C17H26N2O4S/c1-14(2)13-15-5-7-16(8-6-15)24(21,22)19-10-4-9-18(11-12-19)17(20)23-3/h5-8,14H,4,9-13H2,1-3H3. The average Bonchev–Trinajstić information content (AvgIpc) is 2.80. The Kier molecular flexibility index (Phi) is 6.23. The molecule has 0 aliphatic carbocycles. The van der Waals surface area contributed by atoms with Crippen LogP contribution in [0.5, 0.6) is 0 Å². The summed E-state index contributed by atoms with van der Waals surface area (Å²) in [5.41, 5.74) is 1.14. The SMILES string of the molecule is COC(=O)N1CCCN(S(=O)(=O)c2ccc(CC(C)C)cc2)CC1. The summed E-state index contributed by atoms with van der Waals surface area (Å²) >= 11 is 0. The van der Waals surface area contributed by atoms with Crippen molar-refractivity contribution < 1.29 is 17.9 Å². The number of nitrogens with zero attached hydrogens (tertiary/aromatic N) is 2. The fraction of sp³-hybridized carbons (Fsp3) is 0.588. The molecule has 1 fully saturated rings. The molecule has 2 rings (SSSR count). The number of hydrogen-bond acceptors (Lipinski definition) is 4. The van der Waals surface area contributed by atoms with E-state index in [9.17, 15) is 13.2 Å². The van der Waals surface area contributed by atoms with E-state index < -0.39 is 16.1 Å². The Hall–Kier alpha value is -1.60. The summed E-state index contributed by atoms with van der Waals surface area (Å²) in [5, 5.41) is 0. The summed E-state index contributed by atoms with van der Waals surface area (Å²) in [7, 11) is -2.20. The maximum atomic E-state index is 12.8. The second-order valence-corrected chi connectivity index (χ2v) is 8.39. The lowest BCUT2D eigenvalue weighted by molar-refractivity contribution is 0.126. The van der Waals surface area contributed by atoms with Crippen molar-refractivity contribution in [1.82, 2.24) is 9.21 Å². The first kappa shape index (κ1) is 18.7. The van der Waals surface area contributed by atoms with E-state index in [4.69, 9.17) is 4.74 Å². The zero-order chi connectivity index (χ0) is 17.7. The van der Waals surface area contributed by atoms with E-state index in [0.29, 0.717) is 36.9 Å². The van der Waals surface area contributed by atoms with Gasteiger partial charge in [-0.25, -0.2) is 13.2 Å². The predicted molar refractivity (Wildman–Crippen MR) is 92.3 cm³/mol. The van der Waals surface area contributed by atoms with Crippen LogP contribution in [0.1, 0.15) is 25.8 Å². The number of ether oxygens (including phenoxy) is 1. The van der Waals surface area contributed by atoms with Crippen LogP contribution in [0.4, 0.5) is 4.79 Å². The van der Waals surface area contributed by atoms with Gasteiger partial charge in [-0.05, 0) is 36.5 Å². The zero-order valence-electron chi connectivity index (χ0n) is 14.6. The number of rotatable bonds is 4. The minimum absolute atomic E-state index is 0.283. The molecule has 0 spiro atoms. The number of sulfonamides is 1. The molecule has 7 heteroatoms. The van der Waals surface area contributed by atoms with E-state index in [-0.39, 0.29) is 6.54 Å². The highest BCUT2D eigenvalue weighted by atomic mass is 32.2. The third-order valence-electron chi connectivity index (χ3n) is 4.09. The molecule has 24 heavy (non-hydrogen) atoms. The number of benzene rings is 1. The predicted octanol–water partition coefficient (Wildman–Crippen LogP) is 2.35. The number of hydrogen-bond donors (Lipinski definition) is 0. The molecule has 0 aromatic heterocycles. The van der Waals surface area contributed by atoms with E-state index in [1.54, 1.807) is 17.0 Å². The van der Waals surface area contributed by atoms with Gasteiger partial charge in [-0.15, -0.1) is 0 Å². The lowest BCUT2D eigenvalue weighted by Gasteiger charge is -2.21. The molecule has 1 heterocycles. The minimum Gasteiger partial charge on any atom is -0.453 e. The summed E-state index contributed by atoms with van der Waals surface area (Å²) in [6.45, 7) is 5.81. The van der Waals surface area contributed by atoms with E-state index in [1.807, 2.05) is 12.1 Å². The summed E-state index contributed by atoms with van der Waals surface area (Å²) in [5.74, 6) is 0.530. The van der Waals surface area contributed by atoms with Crippen LogP contribution in [0.15, 0.2) is 29.2 Å². The van der Waals surface area contributed by atoms with Gasteiger partial charge in [-0.1, -0.05) is 26.0 Å². The van der Waals surface area contributed by atoms with Gasteiger partial charge in [0.05, 0.1) is 12.0 Å². The van der Waals surface area contributed by atoms with Gasteiger partial charge in [0.2, 0.25) is 10.0 Å². The largest absolute Gasteiger partial charge is 0.453 e. The van der Waals surface area contributed by atoms with E-state index in [2.05, 4.69) is 13.8 Å². The summed E-state index contributed by atoms with van der Waals surface area (Å²) in [4.78, 5) is 13.5. The second kappa shape index (κ2) is 7.98. The van der Waals surface area contributed by atoms with Gasteiger partial charge in [-0.2, -0.15) is 4.31 Å². The summed E-state index contributed by atoms with van der Waals surface area (Å²) in [6.07, 6.45) is 1.12. The molecule has 0 saturated carbocycles. The summed E-state index contributed by atoms with van der Waals surface area (Å²) < 4.78 is 31.8. The fourth-order valence-electron chi connectivity index (χ4n) is 2.86. The second-order valence-electron chi connectivity index (χ2n) is 6.46. The Labute approximate surface area is 144 Å². The Bertz CT molecular complexity index is 656.